The highest BCUT2D eigenvalue weighted by atomic mass is 19.1. The summed E-state index contributed by atoms with van der Waals surface area (Å²) in [5, 5.41) is 9.63. The summed E-state index contributed by atoms with van der Waals surface area (Å²) in [4.78, 5) is 11.1. The van der Waals surface area contributed by atoms with Gasteiger partial charge in [0.1, 0.15) is 11.9 Å². The largest absolute Gasteiger partial charge is 0.497 e. The van der Waals surface area contributed by atoms with Crippen LogP contribution in [-0.2, 0) is 9.53 Å². The molecule has 0 aliphatic carbocycles. The van der Waals surface area contributed by atoms with E-state index in [0.717, 1.165) is 0 Å². The van der Waals surface area contributed by atoms with Crippen LogP contribution < -0.4 is 4.74 Å². The predicted molar refractivity (Wildman–Crippen MR) is 59.5 cm³/mol. The van der Waals surface area contributed by atoms with E-state index in [2.05, 4.69) is 4.74 Å². The van der Waals surface area contributed by atoms with Crippen molar-refractivity contribution in [3.63, 3.8) is 0 Å². The molecular weight excluding hydrogens is 227 g/mol. The molecule has 0 fully saturated rings. The number of methoxy groups -OCH3 is 1. The first-order valence-electron chi connectivity index (χ1n) is 5.22. The standard InChI is InChI=1S/C12H15FO4/c1-3-17-12(15)10(13)11(14)8-4-6-9(16-2)7-5-8/h4-7,10-11,14H,3H2,1-2H3. The molecule has 1 aromatic carbocycles. The molecule has 17 heavy (non-hydrogen) atoms. The van der Waals surface area contributed by atoms with Crippen molar-refractivity contribution < 1.29 is 23.8 Å². The lowest BCUT2D eigenvalue weighted by molar-refractivity contribution is -0.153. The molecule has 0 saturated heterocycles. The van der Waals surface area contributed by atoms with Crippen molar-refractivity contribution >= 4 is 5.97 Å². The van der Waals surface area contributed by atoms with Gasteiger partial charge in [0, 0.05) is 0 Å². The maximum atomic E-state index is 13.5. The number of hydrogen-bond donors (Lipinski definition) is 1. The fraction of sp³-hybridized carbons (Fsp3) is 0.417. The monoisotopic (exact) mass is 242 g/mol. The predicted octanol–water partition coefficient (Wildman–Crippen LogP) is 1.63. The Balaban J connectivity index is 2.73. The maximum absolute atomic E-state index is 13.5. The Labute approximate surface area is 99.0 Å². The van der Waals surface area contributed by atoms with Gasteiger partial charge in [0.05, 0.1) is 13.7 Å². The van der Waals surface area contributed by atoms with Gasteiger partial charge in [-0.05, 0) is 24.6 Å². The molecule has 0 amide bonds. The normalized spacial score (nSPS) is 13.9. The van der Waals surface area contributed by atoms with Crippen LogP contribution in [0.4, 0.5) is 4.39 Å². The van der Waals surface area contributed by atoms with Gasteiger partial charge in [-0.2, -0.15) is 0 Å². The Hall–Kier alpha value is -1.62. The number of esters is 1. The summed E-state index contributed by atoms with van der Waals surface area (Å²) < 4.78 is 22.9. The van der Waals surface area contributed by atoms with Crippen LogP contribution in [0.3, 0.4) is 0 Å². The third-order valence-electron chi connectivity index (χ3n) is 2.25. The first kappa shape index (κ1) is 13.4. The lowest BCUT2D eigenvalue weighted by Crippen LogP contribution is -2.26. The summed E-state index contributed by atoms with van der Waals surface area (Å²) in [5.74, 6) is -0.469. The first-order valence-corrected chi connectivity index (χ1v) is 5.22. The van der Waals surface area contributed by atoms with Gasteiger partial charge in [0.25, 0.3) is 0 Å². The fourth-order valence-electron chi connectivity index (χ4n) is 1.32. The number of hydrogen-bond acceptors (Lipinski definition) is 4. The van der Waals surface area contributed by atoms with E-state index in [1.165, 1.54) is 19.2 Å². The van der Waals surface area contributed by atoms with Crippen molar-refractivity contribution in [2.45, 2.75) is 19.2 Å². The molecule has 1 N–H and O–H groups in total. The zero-order valence-electron chi connectivity index (χ0n) is 9.72. The fourth-order valence-corrected chi connectivity index (χ4v) is 1.32. The highest BCUT2D eigenvalue weighted by molar-refractivity contribution is 5.75. The molecule has 0 radical (unpaired) electrons. The molecule has 0 aliphatic heterocycles. The van der Waals surface area contributed by atoms with E-state index in [4.69, 9.17) is 4.74 Å². The van der Waals surface area contributed by atoms with Gasteiger partial charge in [0.2, 0.25) is 6.17 Å². The van der Waals surface area contributed by atoms with E-state index in [0.29, 0.717) is 11.3 Å². The van der Waals surface area contributed by atoms with E-state index in [-0.39, 0.29) is 6.61 Å². The minimum Gasteiger partial charge on any atom is -0.497 e. The number of aliphatic hydroxyl groups is 1. The van der Waals surface area contributed by atoms with Gasteiger partial charge in [-0.1, -0.05) is 12.1 Å². The van der Waals surface area contributed by atoms with Gasteiger partial charge in [-0.3, -0.25) is 0 Å². The minimum atomic E-state index is -2.08. The summed E-state index contributed by atoms with van der Waals surface area (Å²) in [5.41, 5.74) is 0.298. The van der Waals surface area contributed by atoms with Crippen LogP contribution in [0.25, 0.3) is 0 Å². The maximum Gasteiger partial charge on any atom is 0.343 e. The van der Waals surface area contributed by atoms with Crippen LogP contribution in [0.1, 0.15) is 18.6 Å². The third-order valence-corrected chi connectivity index (χ3v) is 2.25. The van der Waals surface area contributed by atoms with Crippen LogP contribution in [0.2, 0.25) is 0 Å². The van der Waals surface area contributed by atoms with Gasteiger partial charge >= 0.3 is 5.97 Å². The van der Waals surface area contributed by atoms with E-state index in [1.807, 2.05) is 0 Å². The van der Waals surface area contributed by atoms with Crippen molar-refractivity contribution in [1.29, 1.82) is 0 Å². The van der Waals surface area contributed by atoms with E-state index in [1.54, 1.807) is 19.1 Å². The lowest BCUT2D eigenvalue weighted by atomic mass is 10.1. The van der Waals surface area contributed by atoms with Crippen molar-refractivity contribution in [3.05, 3.63) is 29.8 Å². The molecule has 2 atom stereocenters. The number of alkyl halides is 1. The number of ether oxygens (including phenoxy) is 2. The Morgan fingerprint density at radius 3 is 2.47 bits per heavy atom. The van der Waals surface area contributed by atoms with Crippen molar-refractivity contribution in [2.24, 2.45) is 0 Å². The molecule has 1 rings (SSSR count). The average molecular weight is 242 g/mol. The van der Waals surface area contributed by atoms with Gasteiger partial charge in [-0.15, -0.1) is 0 Å². The van der Waals surface area contributed by atoms with E-state index < -0.39 is 18.2 Å². The van der Waals surface area contributed by atoms with Crippen LogP contribution >= 0.6 is 0 Å². The third kappa shape index (κ3) is 3.42. The second-order valence-corrected chi connectivity index (χ2v) is 3.37. The number of halogens is 1. The summed E-state index contributed by atoms with van der Waals surface area (Å²) in [6, 6.07) is 6.15. The molecule has 5 heteroatoms. The number of carbonyl (C=O) groups excluding carboxylic acids is 1. The molecule has 0 aromatic heterocycles. The SMILES string of the molecule is CCOC(=O)C(F)C(O)c1ccc(OC)cc1. The Morgan fingerprint density at radius 2 is 2.00 bits per heavy atom. The summed E-state index contributed by atoms with van der Waals surface area (Å²) in [6.45, 7) is 1.65. The van der Waals surface area contributed by atoms with Crippen LogP contribution in [0.15, 0.2) is 24.3 Å². The summed E-state index contributed by atoms with van der Waals surface area (Å²) in [6.07, 6.45) is -3.61. The topological polar surface area (TPSA) is 55.8 Å². The Bertz CT molecular complexity index is 363. The van der Waals surface area contributed by atoms with Gasteiger partial charge in [0.15, 0.2) is 0 Å². The van der Waals surface area contributed by atoms with Crippen molar-refractivity contribution in [3.8, 4) is 5.75 Å². The van der Waals surface area contributed by atoms with Gasteiger partial charge in [-0.25, -0.2) is 9.18 Å². The number of benzene rings is 1. The Kier molecular flexibility index (Phi) is 4.90. The summed E-state index contributed by atoms with van der Waals surface area (Å²) in [7, 11) is 1.50. The lowest BCUT2D eigenvalue weighted by Gasteiger charge is -2.15. The molecule has 94 valence electrons. The summed E-state index contributed by atoms with van der Waals surface area (Å²) >= 11 is 0. The second kappa shape index (κ2) is 6.20. The average Bonchev–Trinajstić information content (AvgIpc) is 2.37. The zero-order chi connectivity index (χ0) is 12.8. The molecule has 2 unspecified atom stereocenters. The molecule has 0 bridgehead atoms. The van der Waals surface area contributed by atoms with Gasteiger partial charge < -0.3 is 14.6 Å². The van der Waals surface area contributed by atoms with Crippen LogP contribution in [0.5, 0.6) is 5.75 Å². The highest BCUT2D eigenvalue weighted by Crippen LogP contribution is 2.22. The highest BCUT2D eigenvalue weighted by Gasteiger charge is 2.28. The molecular formula is C12H15FO4. The van der Waals surface area contributed by atoms with Crippen LogP contribution in [-0.4, -0.2) is 31.0 Å². The number of aliphatic hydroxyl groups excluding tert-OH is 1. The molecule has 0 heterocycles. The number of carbonyl (C=O) groups is 1. The zero-order valence-corrected chi connectivity index (χ0v) is 9.72. The molecule has 1 aromatic rings. The van der Waals surface area contributed by atoms with E-state index >= 15 is 0 Å². The minimum absolute atomic E-state index is 0.0780. The molecule has 0 aliphatic rings. The quantitative estimate of drug-likeness (QED) is 0.797. The van der Waals surface area contributed by atoms with Crippen molar-refractivity contribution in [2.75, 3.05) is 13.7 Å². The molecule has 0 saturated carbocycles. The Morgan fingerprint density at radius 1 is 1.41 bits per heavy atom. The van der Waals surface area contributed by atoms with Crippen molar-refractivity contribution in [1.82, 2.24) is 0 Å². The molecule has 4 nitrogen and oxygen atoms in total. The van der Waals surface area contributed by atoms with E-state index in [9.17, 15) is 14.3 Å². The van der Waals surface area contributed by atoms with Crippen LogP contribution in [0, 0.1) is 0 Å². The first-order chi connectivity index (χ1) is 8.10. The number of rotatable bonds is 5. The second-order valence-electron chi connectivity index (χ2n) is 3.37. The smallest absolute Gasteiger partial charge is 0.343 e. The molecule has 0 spiro atoms.